The molecule has 2 aromatic rings. The van der Waals surface area contributed by atoms with Gasteiger partial charge in [0.25, 0.3) is 10.0 Å². The van der Waals surface area contributed by atoms with Crippen molar-refractivity contribution in [2.75, 3.05) is 10.8 Å². The van der Waals surface area contributed by atoms with E-state index in [4.69, 9.17) is 5.11 Å². The van der Waals surface area contributed by atoms with Crippen molar-refractivity contribution in [1.29, 1.82) is 0 Å². The van der Waals surface area contributed by atoms with Crippen LogP contribution in [0.15, 0.2) is 47.6 Å². The number of rotatable bonds is 5. The number of anilines is 1. The summed E-state index contributed by atoms with van der Waals surface area (Å²) < 4.78 is 26.4. The van der Waals surface area contributed by atoms with E-state index in [-0.39, 0.29) is 10.7 Å². The number of nitrogens with zero attached hydrogens (tertiary/aromatic N) is 2. The number of carboxylic acid groups (broad SMARTS) is 1. The first-order valence-electron chi connectivity index (χ1n) is 6.55. The van der Waals surface area contributed by atoms with Crippen LogP contribution in [0, 0.1) is 13.8 Å². The summed E-state index contributed by atoms with van der Waals surface area (Å²) in [7, 11) is -4.05. The topological polar surface area (TPSA) is 87.6 Å². The standard InChI is InChI=1S/C15H16N2O4S/c1-11-5-7-13(8-6-11)17(10-14(18)19)22(20,21)15-12(2)4-3-9-16-15/h3-9H,10H2,1-2H3,(H,18,19). The molecule has 1 heterocycles. The number of aromatic nitrogens is 1. The zero-order chi connectivity index (χ0) is 16.3. The summed E-state index contributed by atoms with van der Waals surface area (Å²) in [5.41, 5.74) is 1.70. The maximum absolute atomic E-state index is 12.8. The number of benzene rings is 1. The highest BCUT2D eigenvalue weighted by atomic mass is 32.2. The second-order valence-electron chi connectivity index (χ2n) is 4.87. The number of aryl methyl sites for hydroxylation is 2. The Kier molecular flexibility index (Phi) is 4.46. The zero-order valence-electron chi connectivity index (χ0n) is 12.2. The van der Waals surface area contributed by atoms with E-state index >= 15 is 0 Å². The Hall–Kier alpha value is -2.41. The van der Waals surface area contributed by atoms with Crippen molar-refractivity contribution in [3.63, 3.8) is 0 Å². The molecule has 1 N–H and O–H groups in total. The van der Waals surface area contributed by atoms with E-state index in [9.17, 15) is 13.2 Å². The first-order valence-corrected chi connectivity index (χ1v) is 7.99. The van der Waals surface area contributed by atoms with Crippen molar-refractivity contribution in [1.82, 2.24) is 4.98 Å². The number of sulfonamides is 1. The minimum Gasteiger partial charge on any atom is -0.480 e. The van der Waals surface area contributed by atoms with E-state index < -0.39 is 22.5 Å². The second kappa shape index (κ2) is 6.15. The molecule has 0 saturated heterocycles. The average Bonchev–Trinajstić information content (AvgIpc) is 2.46. The number of carboxylic acids is 1. The van der Waals surface area contributed by atoms with Crippen molar-refractivity contribution < 1.29 is 18.3 Å². The fourth-order valence-electron chi connectivity index (χ4n) is 1.99. The fourth-order valence-corrected chi connectivity index (χ4v) is 3.55. The molecule has 0 aliphatic heterocycles. The van der Waals surface area contributed by atoms with E-state index in [0.29, 0.717) is 5.56 Å². The van der Waals surface area contributed by atoms with E-state index in [1.807, 2.05) is 6.92 Å². The van der Waals surface area contributed by atoms with Gasteiger partial charge in [-0.05, 0) is 37.6 Å². The summed E-state index contributed by atoms with van der Waals surface area (Å²) in [6.07, 6.45) is 1.37. The van der Waals surface area contributed by atoms with Gasteiger partial charge in [0.15, 0.2) is 5.03 Å². The highest BCUT2D eigenvalue weighted by molar-refractivity contribution is 7.92. The van der Waals surface area contributed by atoms with Crippen molar-refractivity contribution in [2.24, 2.45) is 0 Å². The van der Waals surface area contributed by atoms with Crippen LogP contribution in [0.4, 0.5) is 5.69 Å². The molecule has 0 aliphatic carbocycles. The molecule has 6 nitrogen and oxygen atoms in total. The molecule has 22 heavy (non-hydrogen) atoms. The van der Waals surface area contributed by atoms with Gasteiger partial charge in [0.1, 0.15) is 6.54 Å². The smallest absolute Gasteiger partial charge is 0.324 e. The Balaban J connectivity index is 2.56. The molecule has 0 radical (unpaired) electrons. The van der Waals surface area contributed by atoms with Gasteiger partial charge in [0.2, 0.25) is 0 Å². The van der Waals surface area contributed by atoms with E-state index in [2.05, 4.69) is 4.98 Å². The van der Waals surface area contributed by atoms with Gasteiger partial charge in [-0.2, -0.15) is 8.42 Å². The first-order chi connectivity index (χ1) is 10.3. The number of carbonyl (C=O) groups is 1. The van der Waals surface area contributed by atoms with Crippen molar-refractivity contribution in [2.45, 2.75) is 18.9 Å². The molecular weight excluding hydrogens is 304 g/mol. The van der Waals surface area contributed by atoms with Gasteiger partial charge < -0.3 is 5.11 Å². The van der Waals surface area contributed by atoms with Crippen molar-refractivity contribution in [3.05, 3.63) is 53.7 Å². The number of hydrogen-bond donors (Lipinski definition) is 1. The van der Waals surface area contributed by atoms with Crippen molar-refractivity contribution in [3.8, 4) is 0 Å². The molecule has 0 unspecified atom stereocenters. The summed E-state index contributed by atoms with van der Waals surface area (Å²) in [5, 5.41) is 8.91. The van der Waals surface area contributed by atoms with Crippen LogP contribution in [0.25, 0.3) is 0 Å². The van der Waals surface area contributed by atoms with Gasteiger partial charge in [-0.3, -0.25) is 9.10 Å². The summed E-state index contributed by atoms with van der Waals surface area (Å²) >= 11 is 0. The van der Waals surface area contributed by atoms with E-state index in [1.54, 1.807) is 43.3 Å². The quantitative estimate of drug-likeness (QED) is 0.910. The largest absolute Gasteiger partial charge is 0.480 e. The highest BCUT2D eigenvalue weighted by Gasteiger charge is 2.29. The number of hydrogen-bond acceptors (Lipinski definition) is 4. The van der Waals surface area contributed by atoms with E-state index in [0.717, 1.165) is 9.87 Å². The van der Waals surface area contributed by atoms with Crippen LogP contribution < -0.4 is 4.31 Å². The van der Waals surface area contributed by atoms with Crippen LogP contribution >= 0.6 is 0 Å². The Morgan fingerprint density at radius 1 is 1.18 bits per heavy atom. The molecule has 1 aromatic heterocycles. The lowest BCUT2D eigenvalue weighted by Crippen LogP contribution is -2.36. The van der Waals surface area contributed by atoms with Crippen LogP contribution in [0.3, 0.4) is 0 Å². The molecule has 0 fully saturated rings. The average molecular weight is 320 g/mol. The second-order valence-corrected chi connectivity index (χ2v) is 6.64. The molecule has 7 heteroatoms. The van der Waals surface area contributed by atoms with Crippen LogP contribution in [0.5, 0.6) is 0 Å². The van der Waals surface area contributed by atoms with Crippen molar-refractivity contribution >= 4 is 21.7 Å². The predicted octanol–water partition coefficient (Wildman–Crippen LogP) is 1.98. The summed E-state index contributed by atoms with van der Waals surface area (Å²) in [5.74, 6) is -1.24. The minimum atomic E-state index is -4.05. The Morgan fingerprint density at radius 2 is 1.82 bits per heavy atom. The molecule has 1 aromatic carbocycles. The molecule has 0 amide bonds. The third-order valence-electron chi connectivity index (χ3n) is 3.10. The Labute approximate surface area is 129 Å². The van der Waals surface area contributed by atoms with Gasteiger partial charge in [0.05, 0.1) is 5.69 Å². The van der Waals surface area contributed by atoms with Gasteiger partial charge in [-0.1, -0.05) is 23.8 Å². The molecule has 116 valence electrons. The fraction of sp³-hybridized carbons (Fsp3) is 0.200. The highest BCUT2D eigenvalue weighted by Crippen LogP contribution is 2.24. The lowest BCUT2D eigenvalue weighted by Gasteiger charge is -2.23. The van der Waals surface area contributed by atoms with Gasteiger partial charge in [-0.15, -0.1) is 0 Å². The zero-order valence-corrected chi connectivity index (χ0v) is 13.0. The van der Waals surface area contributed by atoms with Crippen LogP contribution in [-0.2, 0) is 14.8 Å². The van der Waals surface area contributed by atoms with Gasteiger partial charge in [0, 0.05) is 6.20 Å². The number of pyridine rings is 1. The minimum absolute atomic E-state index is 0.142. The maximum Gasteiger partial charge on any atom is 0.324 e. The number of aliphatic carboxylic acids is 1. The molecule has 0 saturated carbocycles. The summed E-state index contributed by atoms with van der Waals surface area (Å²) in [6, 6.07) is 9.86. The summed E-state index contributed by atoms with van der Waals surface area (Å²) in [4.78, 5) is 15.0. The predicted molar refractivity (Wildman–Crippen MR) is 82.3 cm³/mol. The maximum atomic E-state index is 12.8. The third-order valence-corrected chi connectivity index (χ3v) is 4.93. The van der Waals surface area contributed by atoms with Crippen LogP contribution in [0.2, 0.25) is 0 Å². The monoisotopic (exact) mass is 320 g/mol. The normalized spacial score (nSPS) is 11.2. The lowest BCUT2D eigenvalue weighted by atomic mass is 10.2. The molecule has 0 bridgehead atoms. The Morgan fingerprint density at radius 3 is 2.36 bits per heavy atom. The summed E-state index contributed by atoms with van der Waals surface area (Å²) in [6.45, 7) is 2.82. The molecule has 0 atom stereocenters. The van der Waals surface area contributed by atoms with E-state index in [1.165, 1.54) is 6.20 Å². The molecule has 0 aliphatic rings. The van der Waals surface area contributed by atoms with Gasteiger partial charge in [-0.25, -0.2) is 4.98 Å². The molecule has 0 spiro atoms. The molecule has 2 rings (SSSR count). The van der Waals surface area contributed by atoms with Crippen LogP contribution in [0.1, 0.15) is 11.1 Å². The third kappa shape index (κ3) is 3.25. The lowest BCUT2D eigenvalue weighted by molar-refractivity contribution is -0.135. The first kappa shape index (κ1) is 16.0. The Bertz CT molecular complexity index is 785. The van der Waals surface area contributed by atoms with Gasteiger partial charge >= 0.3 is 5.97 Å². The molecular formula is C15H16N2O4S. The van der Waals surface area contributed by atoms with Crippen LogP contribution in [-0.4, -0.2) is 31.0 Å². The SMILES string of the molecule is Cc1ccc(N(CC(=O)O)S(=O)(=O)c2ncccc2C)cc1.